The van der Waals surface area contributed by atoms with Crippen molar-refractivity contribution in [1.82, 2.24) is 10.3 Å². The van der Waals surface area contributed by atoms with Crippen molar-refractivity contribution >= 4 is 42.4 Å². The van der Waals surface area contributed by atoms with Crippen LogP contribution < -0.4 is 10.2 Å². The highest BCUT2D eigenvalue weighted by atomic mass is 79.9. The normalized spacial score (nSPS) is 15.6. The lowest BCUT2D eigenvalue weighted by Crippen LogP contribution is -2.43. The molecule has 0 atom stereocenters. The lowest BCUT2D eigenvalue weighted by molar-refractivity contribution is 0.587. The van der Waals surface area contributed by atoms with Crippen LogP contribution in [0.1, 0.15) is 0 Å². The number of sulfone groups is 1. The second-order valence-corrected chi connectivity index (χ2v) is 8.91. The van der Waals surface area contributed by atoms with Gasteiger partial charge in [-0.15, -0.1) is 0 Å². The highest BCUT2D eigenvalue weighted by Gasteiger charge is 2.23. The maximum Gasteiger partial charge on any atom is 0.208 e. The van der Waals surface area contributed by atoms with Crippen LogP contribution >= 0.6 is 15.9 Å². The fourth-order valence-electron chi connectivity index (χ4n) is 3.19. The van der Waals surface area contributed by atoms with Crippen molar-refractivity contribution in [3.8, 4) is 0 Å². The average molecular weight is 420 g/mol. The van der Waals surface area contributed by atoms with Gasteiger partial charge in [-0.1, -0.05) is 22.0 Å². The number of anilines is 1. The van der Waals surface area contributed by atoms with Crippen molar-refractivity contribution in [3.63, 3.8) is 0 Å². The quantitative estimate of drug-likeness (QED) is 0.683. The fourth-order valence-corrected chi connectivity index (χ4v) is 5.01. The Bertz CT molecular complexity index is 1020. The number of nitrogens with zero attached hydrogens (tertiary/aromatic N) is 1. The number of piperazine rings is 1. The van der Waals surface area contributed by atoms with Crippen molar-refractivity contribution in [1.29, 1.82) is 0 Å². The molecule has 1 aliphatic rings. The lowest BCUT2D eigenvalue weighted by atomic mass is 10.2. The summed E-state index contributed by atoms with van der Waals surface area (Å²) < 4.78 is 27.2. The van der Waals surface area contributed by atoms with E-state index in [1.165, 1.54) is 0 Å². The van der Waals surface area contributed by atoms with E-state index in [1.54, 1.807) is 18.3 Å². The molecule has 0 radical (unpaired) electrons. The van der Waals surface area contributed by atoms with Gasteiger partial charge in [0.1, 0.15) is 0 Å². The van der Waals surface area contributed by atoms with Crippen LogP contribution in [0.25, 0.3) is 10.9 Å². The Morgan fingerprint density at radius 3 is 2.64 bits per heavy atom. The zero-order valence-corrected chi connectivity index (χ0v) is 15.9. The molecule has 0 amide bonds. The largest absolute Gasteiger partial charge is 0.369 e. The van der Waals surface area contributed by atoms with Crippen LogP contribution in [0.4, 0.5) is 5.69 Å². The summed E-state index contributed by atoms with van der Waals surface area (Å²) in [5.74, 6) is 0. The van der Waals surface area contributed by atoms with E-state index >= 15 is 0 Å². The number of H-pyrrole nitrogens is 1. The summed E-state index contributed by atoms with van der Waals surface area (Å²) in [4.78, 5) is 5.89. The molecular formula is C18H18BrN3O2S. The van der Waals surface area contributed by atoms with E-state index < -0.39 is 9.84 Å². The van der Waals surface area contributed by atoms with Crippen molar-refractivity contribution in [3.05, 3.63) is 53.1 Å². The first-order chi connectivity index (χ1) is 12.1. The molecule has 0 saturated carbocycles. The third-order valence-corrected chi connectivity index (χ3v) is 6.79. The molecule has 0 unspecified atom stereocenters. The van der Waals surface area contributed by atoms with Crippen molar-refractivity contribution in [2.75, 3.05) is 31.1 Å². The number of benzene rings is 2. The molecule has 1 aliphatic heterocycles. The predicted octanol–water partition coefficient (Wildman–Crippen LogP) is 3.17. The standard InChI is InChI=1S/C18H18BrN3O2S/c19-13-4-5-17-16(10-13)18(12-21-17)25(23,24)15-3-1-2-14(11-15)22-8-6-20-7-9-22/h1-5,10-12,20-21H,6-9H2. The number of halogens is 1. The lowest BCUT2D eigenvalue weighted by Gasteiger charge is -2.29. The summed E-state index contributed by atoms with van der Waals surface area (Å²) in [6, 6.07) is 12.8. The molecule has 2 N–H and O–H groups in total. The second kappa shape index (κ2) is 6.48. The minimum absolute atomic E-state index is 0.307. The minimum Gasteiger partial charge on any atom is -0.369 e. The Kier molecular flexibility index (Phi) is 4.31. The first-order valence-electron chi connectivity index (χ1n) is 8.13. The first-order valence-corrected chi connectivity index (χ1v) is 10.4. The summed E-state index contributed by atoms with van der Waals surface area (Å²) in [6.07, 6.45) is 1.57. The Labute approximate surface area is 155 Å². The number of aromatic nitrogens is 1. The summed E-state index contributed by atoms with van der Waals surface area (Å²) in [7, 11) is -3.59. The zero-order chi connectivity index (χ0) is 17.4. The van der Waals surface area contributed by atoms with Crippen LogP contribution in [0.5, 0.6) is 0 Å². The summed E-state index contributed by atoms with van der Waals surface area (Å²) in [5, 5.41) is 4.00. The Morgan fingerprint density at radius 2 is 1.84 bits per heavy atom. The van der Waals surface area contributed by atoms with Crippen molar-refractivity contribution < 1.29 is 8.42 Å². The van der Waals surface area contributed by atoms with Gasteiger partial charge in [0, 0.05) is 53.4 Å². The molecule has 0 spiro atoms. The van der Waals surface area contributed by atoms with Crippen LogP contribution in [-0.2, 0) is 9.84 Å². The Morgan fingerprint density at radius 1 is 1.04 bits per heavy atom. The zero-order valence-electron chi connectivity index (χ0n) is 13.5. The molecule has 7 heteroatoms. The van der Waals surface area contributed by atoms with Crippen LogP contribution in [-0.4, -0.2) is 39.6 Å². The highest BCUT2D eigenvalue weighted by molar-refractivity contribution is 9.10. The number of aromatic amines is 1. The van der Waals surface area contributed by atoms with Crippen molar-refractivity contribution in [2.24, 2.45) is 0 Å². The number of hydrogen-bond donors (Lipinski definition) is 2. The maximum absolute atomic E-state index is 13.2. The predicted molar refractivity (Wildman–Crippen MR) is 103 cm³/mol. The van der Waals surface area contributed by atoms with Gasteiger partial charge in [0.15, 0.2) is 0 Å². The van der Waals surface area contributed by atoms with Gasteiger partial charge in [0.25, 0.3) is 0 Å². The number of rotatable bonds is 3. The number of hydrogen-bond acceptors (Lipinski definition) is 4. The van der Waals surface area contributed by atoms with E-state index in [0.717, 1.165) is 41.9 Å². The molecule has 2 heterocycles. The van der Waals surface area contributed by atoms with Gasteiger partial charge in [-0.2, -0.15) is 0 Å². The molecule has 1 aromatic heterocycles. The molecule has 1 saturated heterocycles. The van der Waals surface area contributed by atoms with Crippen LogP contribution in [0.3, 0.4) is 0 Å². The van der Waals surface area contributed by atoms with E-state index in [-0.39, 0.29) is 0 Å². The maximum atomic E-state index is 13.2. The van der Waals surface area contributed by atoms with Gasteiger partial charge < -0.3 is 15.2 Å². The van der Waals surface area contributed by atoms with Crippen molar-refractivity contribution in [2.45, 2.75) is 9.79 Å². The van der Waals surface area contributed by atoms with Crippen LogP contribution in [0.15, 0.2) is 62.9 Å². The minimum atomic E-state index is -3.59. The third-order valence-electron chi connectivity index (χ3n) is 4.51. The number of nitrogens with one attached hydrogen (secondary N) is 2. The Balaban J connectivity index is 1.78. The summed E-state index contributed by atoms with van der Waals surface area (Å²) in [5.41, 5.74) is 1.75. The number of fused-ring (bicyclic) bond motifs is 1. The van der Waals surface area contributed by atoms with E-state index in [9.17, 15) is 8.42 Å². The monoisotopic (exact) mass is 419 g/mol. The molecule has 0 bridgehead atoms. The average Bonchev–Trinajstić information content (AvgIpc) is 3.06. The molecule has 3 aromatic rings. The third kappa shape index (κ3) is 3.07. The highest BCUT2D eigenvalue weighted by Crippen LogP contribution is 2.31. The molecule has 0 aliphatic carbocycles. The smallest absolute Gasteiger partial charge is 0.208 e. The first kappa shape index (κ1) is 16.6. The van der Waals surface area contributed by atoms with Gasteiger partial charge >= 0.3 is 0 Å². The summed E-state index contributed by atoms with van der Waals surface area (Å²) in [6.45, 7) is 3.58. The van der Waals surface area contributed by atoms with Gasteiger partial charge in [-0.05, 0) is 36.4 Å². The van der Waals surface area contributed by atoms with Gasteiger partial charge in [0.05, 0.1) is 9.79 Å². The molecular weight excluding hydrogens is 402 g/mol. The fraction of sp³-hybridized carbons (Fsp3) is 0.222. The molecule has 2 aromatic carbocycles. The van der Waals surface area contributed by atoms with E-state index in [1.807, 2.05) is 30.3 Å². The van der Waals surface area contributed by atoms with Crippen LogP contribution in [0, 0.1) is 0 Å². The molecule has 5 nitrogen and oxygen atoms in total. The molecule has 1 fully saturated rings. The molecule has 4 rings (SSSR count). The Hall–Kier alpha value is -1.83. The van der Waals surface area contributed by atoms with E-state index in [2.05, 4.69) is 31.1 Å². The summed E-state index contributed by atoms with van der Waals surface area (Å²) >= 11 is 3.42. The molecule has 25 heavy (non-hydrogen) atoms. The van der Waals surface area contributed by atoms with Crippen LogP contribution in [0.2, 0.25) is 0 Å². The van der Waals surface area contributed by atoms with Gasteiger partial charge in [0.2, 0.25) is 9.84 Å². The van der Waals surface area contributed by atoms with E-state index in [4.69, 9.17) is 0 Å². The van der Waals surface area contributed by atoms with Gasteiger partial charge in [-0.3, -0.25) is 0 Å². The van der Waals surface area contributed by atoms with Gasteiger partial charge in [-0.25, -0.2) is 8.42 Å². The SMILES string of the molecule is O=S(=O)(c1cccc(N2CCNCC2)c1)c1c[nH]c2ccc(Br)cc12. The van der Waals surface area contributed by atoms with E-state index in [0.29, 0.717) is 15.2 Å². The topological polar surface area (TPSA) is 65.2 Å². The second-order valence-electron chi connectivity index (χ2n) is 6.08. The molecule has 130 valence electrons.